The van der Waals surface area contributed by atoms with Gasteiger partial charge < -0.3 is 5.32 Å². The Morgan fingerprint density at radius 3 is 2.61 bits per heavy atom. The molecule has 3 heterocycles. The summed E-state index contributed by atoms with van der Waals surface area (Å²) < 4.78 is 42.3. The Labute approximate surface area is 188 Å². The third-order valence-electron chi connectivity index (χ3n) is 5.69. The second-order valence-electron chi connectivity index (χ2n) is 8.55. The molecule has 1 amide bonds. The monoisotopic (exact) mass is 453 g/mol. The van der Waals surface area contributed by atoms with Gasteiger partial charge in [-0.25, -0.2) is 13.2 Å². The number of carbonyl (C=O) groups excluding carboxylic acids is 1. The molecule has 1 saturated heterocycles. The number of anilines is 1. The van der Waals surface area contributed by atoms with E-state index in [9.17, 15) is 18.0 Å². The fourth-order valence-corrected chi connectivity index (χ4v) is 3.91. The Balaban J connectivity index is 1.23. The van der Waals surface area contributed by atoms with Crippen molar-refractivity contribution in [2.45, 2.75) is 31.4 Å². The van der Waals surface area contributed by atoms with Crippen molar-refractivity contribution in [3.8, 4) is 11.1 Å². The van der Waals surface area contributed by atoms with Gasteiger partial charge in [0.25, 0.3) is 5.92 Å². The van der Waals surface area contributed by atoms with Crippen molar-refractivity contribution in [3.05, 3.63) is 72.1 Å². The maximum absolute atomic E-state index is 14.6. The number of carbonyl (C=O) groups is 1. The van der Waals surface area contributed by atoms with Crippen molar-refractivity contribution in [3.63, 3.8) is 0 Å². The Kier molecular flexibility index (Phi) is 5.49. The van der Waals surface area contributed by atoms with Gasteiger partial charge >= 0.3 is 0 Å². The largest absolute Gasteiger partial charge is 0.323 e. The Morgan fingerprint density at radius 1 is 1.15 bits per heavy atom. The lowest BCUT2D eigenvalue weighted by Crippen LogP contribution is -2.55. The molecule has 2 aromatic heterocycles. The zero-order valence-electron chi connectivity index (χ0n) is 17.7. The number of aromatic nitrogens is 3. The molecule has 9 heteroatoms. The molecule has 1 aliphatic heterocycles. The van der Waals surface area contributed by atoms with Gasteiger partial charge in [-0.2, -0.15) is 5.10 Å². The number of rotatable bonds is 7. The Bertz CT molecular complexity index is 1190. The highest BCUT2D eigenvalue weighted by molar-refractivity contribution is 6.02. The van der Waals surface area contributed by atoms with Gasteiger partial charge in [0, 0.05) is 47.4 Å². The summed E-state index contributed by atoms with van der Waals surface area (Å²) in [6.45, 7) is -0.0143. The molecule has 5 rings (SSSR count). The van der Waals surface area contributed by atoms with Gasteiger partial charge in [-0.1, -0.05) is 12.1 Å². The molecule has 0 unspecified atom stereocenters. The van der Waals surface area contributed by atoms with Crippen LogP contribution in [0.25, 0.3) is 17.2 Å². The predicted octanol–water partition coefficient (Wildman–Crippen LogP) is 4.52. The number of pyridine rings is 1. The van der Waals surface area contributed by atoms with Gasteiger partial charge in [-0.15, -0.1) is 0 Å². The first-order chi connectivity index (χ1) is 15.9. The minimum atomic E-state index is -2.59. The van der Waals surface area contributed by atoms with Gasteiger partial charge in [0.05, 0.1) is 31.5 Å². The first-order valence-electron chi connectivity index (χ1n) is 10.7. The Morgan fingerprint density at radius 2 is 1.91 bits per heavy atom. The zero-order chi connectivity index (χ0) is 23.0. The van der Waals surface area contributed by atoms with Crippen LogP contribution in [0.1, 0.15) is 30.0 Å². The number of amides is 1. The summed E-state index contributed by atoms with van der Waals surface area (Å²) in [6, 6.07) is 7.41. The minimum Gasteiger partial charge on any atom is -0.323 e. The fourth-order valence-electron chi connectivity index (χ4n) is 3.91. The second-order valence-corrected chi connectivity index (χ2v) is 8.55. The summed E-state index contributed by atoms with van der Waals surface area (Å²) in [5.41, 5.74) is 2.92. The maximum atomic E-state index is 14.6. The quantitative estimate of drug-likeness (QED) is 0.535. The summed E-state index contributed by atoms with van der Waals surface area (Å²) in [4.78, 5) is 18.0. The first-order valence-corrected chi connectivity index (χ1v) is 10.7. The number of hydrogen-bond donors (Lipinski definition) is 1. The van der Waals surface area contributed by atoms with E-state index in [0.717, 1.165) is 24.6 Å². The number of benzene rings is 1. The number of hydrogen-bond acceptors (Lipinski definition) is 4. The fraction of sp³-hybridized carbons (Fsp3) is 0.292. The number of halogens is 3. The van der Waals surface area contributed by atoms with Gasteiger partial charge in [0.15, 0.2) is 0 Å². The average molecular weight is 453 g/mol. The van der Waals surface area contributed by atoms with Gasteiger partial charge in [-0.05, 0) is 36.6 Å². The normalized spacial score (nSPS) is 17.8. The molecule has 1 saturated carbocycles. The maximum Gasteiger partial charge on any atom is 0.272 e. The van der Waals surface area contributed by atoms with Crippen LogP contribution in [0.5, 0.6) is 0 Å². The molecule has 6 nitrogen and oxygen atoms in total. The highest BCUT2D eigenvalue weighted by Crippen LogP contribution is 2.36. The molecule has 33 heavy (non-hydrogen) atoms. The van der Waals surface area contributed by atoms with E-state index in [4.69, 9.17) is 0 Å². The number of nitrogens with zero attached hydrogens (tertiary/aromatic N) is 4. The van der Waals surface area contributed by atoms with Crippen molar-refractivity contribution in [1.82, 2.24) is 19.7 Å². The molecule has 0 spiro atoms. The zero-order valence-corrected chi connectivity index (χ0v) is 17.7. The van der Waals surface area contributed by atoms with Crippen molar-refractivity contribution in [2.75, 3.05) is 18.4 Å². The van der Waals surface area contributed by atoms with Crippen molar-refractivity contribution < 1.29 is 18.0 Å². The highest BCUT2D eigenvalue weighted by Gasteiger charge is 2.43. The van der Waals surface area contributed by atoms with Crippen LogP contribution in [0, 0.1) is 5.82 Å². The van der Waals surface area contributed by atoms with Crippen molar-refractivity contribution in [2.24, 2.45) is 0 Å². The lowest BCUT2D eigenvalue weighted by atomic mass is 10.0. The second kappa shape index (κ2) is 8.47. The van der Waals surface area contributed by atoms with Crippen LogP contribution < -0.4 is 5.32 Å². The lowest BCUT2D eigenvalue weighted by molar-refractivity contribution is -0.133. The van der Waals surface area contributed by atoms with Crippen LogP contribution in [0.2, 0.25) is 0 Å². The molecule has 1 N–H and O–H groups in total. The van der Waals surface area contributed by atoms with Crippen LogP contribution in [-0.2, 0) is 11.3 Å². The summed E-state index contributed by atoms with van der Waals surface area (Å²) in [6.07, 6.45) is 11.1. The predicted molar refractivity (Wildman–Crippen MR) is 118 cm³/mol. The van der Waals surface area contributed by atoms with E-state index in [0.29, 0.717) is 35.0 Å². The summed E-state index contributed by atoms with van der Waals surface area (Å²) in [5, 5.41) is 7.06. The molecule has 2 fully saturated rings. The molecule has 0 bridgehead atoms. The molecular weight excluding hydrogens is 431 g/mol. The van der Waals surface area contributed by atoms with Crippen molar-refractivity contribution in [1.29, 1.82) is 0 Å². The van der Waals surface area contributed by atoms with Crippen LogP contribution in [0.4, 0.5) is 18.9 Å². The van der Waals surface area contributed by atoms with E-state index < -0.39 is 11.7 Å². The third kappa shape index (κ3) is 4.98. The lowest BCUT2D eigenvalue weighted by Gasteiger charge is -2.38. The topological polar surface area (TPSA) is 63.1 Å². The first kappa shape index (κ1) is 21.4. The number of likely N-dealkylation sites (tertiary alicyclic amines) is 1. The number of nitrogens with one attached hydrogen (secondary N) is 1. The van der Waals surface area contributed by atoms with Gasteiger partial charge in [0.1, 0.15) is 5.82 Å². The van der Waals surface area contributed by atoms with Crippen LogP contribution in [0.15, 0.2) is 55.1 Å². The molecule has 0 radical (unpaired) electrons. The Hall–Kier alpha value is -3.46. The molecule has 170 valence electrons. The van der Waals surface area contributed by atoms with Crippen LogP contribution in [0.3, 0.4) is 0 Å². The van der Waals surface area contributed by atoms with Gasteiger partial charge in [0.2, 0.25) is 5.91 Å². The van der Waals surface area contributed by atoms with E-state index in [1.165, 1.54) is 18.3 Å². The van der Waals surface area contributed by atoms with Gasteiger partial charge in [-0.3, -0.25) is 19.4 Å². The van der Waals surface area contributed by atoms with E-state index in [1.807, 2.05) is 10.9 Å². The average Bonchev–Trinajstić information content (AvgIpc) is 3.50. The van der Waals surface area contributed by atoms with Crippen molar-refractivity contribution >= 4 is 17.7 Å². The summed E-state index contributed by atoms with van der Waals surface area (Å²) in [7, 11) is 0. The molecular formula is C24H22F3N5O. The molecule has 2 aliphatic rings. The smallest absolute Gasteiger partial charge is 0.272 e. The third-order valence-corrected chi connectivity index (χ3v) is 5.69. The summed E-state index contributed by atoms with van der Waals surface area (Å²) in [5.74, 6) is -3.45. The number of alkyl halides is 2. The van der Waals surface area contributed by atoms with E-state index >= 15 is 0 Å². The highest BCUT2D eigenvalue weighted by atomic mass is 19.3. The molecule has 0 atom stereocenters. The molecule has 1 aliphatic carbocycles. The molecule has 1 aromatic carbocycles. The minimum absolute atomic E-state index is 0.228. The van der Waals surface area contributed by atoms with E-state index in [1.54, 1.807) is 35.4 Å². The van der Waals surface area contributed by atoms with Crippen LogP contribution in [-0.4, -0.2) is 44.6 Å². The standard InChI is InChI=1S/C24H22F3N5O/c25-21-11-28-9-17(23(21)18-10-29-32(13-18)20-6-7-20)3-8-22(33)30-19-4-1-16(2-5-19)12-31-14-24(26,27)15-31/h1-5,8-11,13,20H,6-7,12,14-15H2,(H,30,33)/b8-3+. The van der Waals surface area contributed by atoms with E-state index in [2.05, 4.69) is 15.4 Å². The summed E-state index contributed by atoms with van der Waals surface area (Å²) >= 11 is 0. The molecule has 3 aromatic rings. The SMILES string of the molecule is O=C(/C=C/c1cncc(F)c1-c1cnn(C2CC2)c1)Nc1ccc(CN2CC(F)(F)C2)cc1. The van der Waals surface area contributed by atoms with Crippen LogP contribution >= 0.6 is 0 Å². The van der Waals surface area contributed by atoms with E-state index in [-0.39, 0.29) is 19.0 Å².